The van der Waals surface area contributed by atoms with Gasteiger partial charge in [0, 0.05) is 11.6 Å². The number of nitrogens with one attached hydrogen (secondary N) is 1. The van der Waals surface area contributed by atoms with Gasteiger partial charge in [-0.15, -0.1) is 0 Å². The normalized spacial score (nSPS) is 11.4. The van der Waals surface area contributed by atoms with Crippen LogP contribution >= 0.6 is 11.6 Å². The van der Waals surface area contributed by atoms with Crippen LogP contribution in [0.1, 0.15) is 5.56 Å². The van der Waals surface area contributed by atoms with Gasteiger partial charge in [-0.2, -0.15) is 0 Å². The van der Waals surface area contributed by atoms with Crippen molar-refractivity contribution in [3.8, 4) is 17.1 Å². The number of benzene rings is 3. The van der Waals surface area contributed by atoms with Crippen molar-refractivity contribution in [1.29, 1.82) is 0 Å². The summed E-state index contributed by atoms with van der Waals surface area (Å²) >= 11 is 6.65. The van der Waals surface area contributed by atoms with Gasteiger partial charge in [-0.1, -0.05) is 48.0 Å². The molecule has 0 unspecified atom stereocenters. The smallest absolute Gasteiger partial charge is 0.257 e. The maximum atomic E-state index is 12.7. The van der Waals surface area contributed by atoms with Gasteiger partial charge in [-0.05, 0) is 53.8 Å². The fraction of sp³-hybridized carbons (Fsp3) is 0.0435. The summed E-state index contributed by atoms with van der Waals surface area (Å²) in [7, 11) is 0. The standard InChI is InChI=1S/C23H16ClN3O/c1-14-6-2-3-7-16(14)17-12-15-10-11-22(28)27(21(15)13-18(17)24)23-25-19-8-4-5-9-20(19)26-23/h2-13H,1H3,(H,25,26). The molecule has 0 amide bonds. The van der Waals surface area contributed by atoms with Crippen LogP contribution in [0.15, 0.2) is 77.6 Å². The lowest BCUT2D eigenvalue weighted by atomic mass is 9.99. The van der Waals surface area contributed by atoms with Crippen molar-refractivity contribution in [1.82, 2.24) is 14.5 Å². The second kappa shape index (κ2) is 6.36. The summed E-state index contributed by atoms with van der Waals surface area (Å²) in [5, 5.41) is 1.51. The average Bonchev–Trinajstić information content (AvgIpc) is 3.11. The van der Waals surface area contributed by atoms with Crippen LogP contribution in [0.5, 0.6) is 0 Å². The second-order valence-corrected chi connectivity index (χ2v) is 7.20. The molecule has 5 rings (SSSR count). The van der Waals surface area contributed by atoms with E-state index in [9.17, 15) is 4.79 Å². The van der Waals surface area contributed by atoms with E-state index in [0.29, 0.717) is 16.5 Å². The predicted molar refractivity (Wildman–Crippen MR) is 114 cm³/mol. The molecule has 136 valence electrons. The van der Waals surface area contributed by atoms with E-state index in [1.54, 1.807) is 10.6 Å². The summed E-state index contributed by atoms with van der Waals surface area (Å²) in [4.78, 5) is 20.5. The average molecular weight is 386 g/mol. The van der Waals surface area contributed by atoms with Crippen LogP contribution in [0, 0.1) is 6.92 Å². The molecule has 0 bridgehead atoms. The molecule has 0 aliphatic rings. The van der Waals surface area contributed by atoms with E-state index >= 15 is 0 Å². The van der Waals surface area contributed by atoms with E-state index < -0.39 is 0 Å². The summed E-state index contributed by atoms with van der Waals surface area (Å²) in [6, 6.07) is 23.1. The molecular weight excluding hydrogens is 370 g/mol. The minimum atomic E-state index is -0.161. The lowest BCUT2D eigenvalue weighted by molar-refractivity contribution is 0.960. The Hall–Kier alpha value is -3.37. The third kappa shape index (κ3) is 2.62. The third-order valence-electron chi connectivity index (χ3n) is 5.01. The van der Waals surface area contributed by atoms with E-state index in [4.69, 9.17) is 11.6 Å². The Morgan fingerprint density at radius 3 is 2.54 bits per heavy atom. The molecule has 0 spiro atoms. The fourth-order valence-electron chi connectivity index (χ4n) is 3.61. The van der Waals surface area contributed by atoms with Crippen molar-refractivity contribution in [3.05, 3.63) is 93.7 Å². The predicted octanol–water partition coefficient (Wildman–Crippen LogP) is 5.50. The van der Waals surface area contributed by atoms with Gasteiger partial charge in [0.15, 0.2) is 0 Å². The van der Waals surface area contributed by atoms with E-state index in [1.807, 2.05) is 54.6 Å². The lowest BCUT2D eigenvalue weighted by Gasteiger charge is -2.12. The zero-order chi connectivity index (χ0) is 19.3. The number of hydrogen-bond acceptors (Lipinski definition) is 2. The van der Waals surface area contributed by atoms with E-state index in [-0.39, 0.29) is 5.56 Å². The number of aromatic amines is 1. The van der Waals surface area contributed by atoms with E-state index in [1.165, 1.54) is 0 Å². The van der Waals surface area contributed by atoms with Crippen molar-refractivity contribution in [2.45, 2.75) is 6.92 Å². The topological polar surface area (TPSA) is 50.7 Å². The fourth-order valence-corrected chi connectivity index (χ4v) is 3.87. The molecule has 2 heterocycles. The van der Waals surface area contributed by atoms with Crippen molar-refractivity contribution in [2.24, 2.45) is 0 Å². The van der Waals surface area contributed by atoms with Gasteiger partial charge in [-0.25, -0.2) is 9.55 Å². The SMILES string of the molecule is Cc1ccccc1-c1cc2ccc(=O)n(-c3nc4ccccc4[nH]3)c2cc1Cl. The maximum Gasteiger partial charge on any atom is 0.257 e. The zero-order valence-electron chi connectivity index (χ0n) is 15.1. The Kier molecular flexibility index (Phi) is 3.81. The van der Waals surface area contributed by atoms with Crippen LogP contribution in [0.2, 0.25) is 5.02 Å². The van der Waals surface area contributed by atoms with Crippen molar-refractivity contribution >= 4 is 33.5 Å². The summed E-state index contributed by atoms with van der Waals surface area (Å²) in [5.74, 6) is 0.483. The number of aryl methyl sites for hydroxylation is 1. The number of para-hydroxylation sites is 2. The van der Waals surface area contributed by atoms with Crippen molar-refractivity contribution in [2.75, 3.05) is 0 Å². The molecule has 0 fully saturated rings. The molecule has 0 saturated carbocycles. The van der Waals surface area contributed by atoms with Crippen LogP contribution in [0.4, 0.5) is 0 Å². The summed E-state index contributed by atoms with van der Waals surface area (Å²) in [6.45, 7) is 2.06. The van der Waals surface area contributed by atoms with Gasteiger partial charge in [0.1, 0.15) is 0 Å². The van der Waals surface area contributed by atoms with Crippen LogP contribution in [0.3, 0.4) is 0 Å². The molecule has 3 aromatic carbocycles. The number of halogens is 1. The molecule has 2 aromatic heterocycles. The third-order valence-corrected chi connectivity index (χ3v) is 5.32. The summed E-state index contributed by atoms with van der Waals surface area (Å²) in [6.07, 6.45) is 0. The van der Waals surface area contributed by atoms with Crippen molar-refractivity contribution in [3.63, 3.8) is 0 Å². The quantitative estimate of drug-likeness (QED) is 0.436. The number of nitrogens with zero attached hydrogens (tertiary/aromatic N) is 2. The molecular formula is C23H16ClN3O. The highest BCUT2D eigenvalue weighted by atomic mass is 35.5. The van der Waals surface area contributed by atoms with Gasteiger partial charge in [0.2, 0.25) is 5.95 Å². The van der Waals surface area contributed by atoms with Crippen LogP contribution < -0.4 is 5.56 Å². The number of aromatic nitrogens is 3. The van der Waals surface area contributed by atoms with Gasteiger partial charge in [0.25, 0.3) is 5.56 Å². The molecule has 4 nitrogen and oxygen atoms in total. The van der Waals surface area contributed by atoms with Crippen molar-refractivity contribution < 1.29 is 0 Å². The van der Waals surface area contributed by atoms with E-state index in [0.717, 1.165) is 33.1 Å². The molecule has 5 heteroatoms. The Labute approximate surface area is 166 Å². The Morgan fingerprint density at radius 1 is 0.929 bits per heavy atom. The number of hydrogen-bond donors (Lipinski definition) is 1. The number of imidazole rings is 1. The molecule has 0 aliphatic heterocycles. The van der Waals surface area contributed by atoms with Crippen LogP contribution in [-0.4, -0.2) is 14.5 Å². The van der Waals surface area contributed by atoms with Gasteiger partial charge in [-0.3, -0.25) is 4.79 Å². The molecule has 1 N–H and O–H groups in total. The van der Waals surface area contributed by atoms with E-state index in [2.05, 4.69) is 29.0 Å². The zero-order valence-corrected chi connectivity index (χ0v) is 15.9. The minimum Gasteiger partial charge on any atom is -0.323 e. The first-order valence-electron chi connectivity index (χ1n) is 8.98. The number of fused-ring (bicyclic) bond motifs is 2. The summed E-state index contributed by atoms with van der Waals surface area (Å²) < 4.78 is 1.57. The second-order valence-electron chi connectivity index (χ2n) is 6.79. The van der Waals surface area contributed by atoms with Crippen LogP contribution in [-0.2, 0) is 0 Å². The number of H-pyrrole nitrogens is 1. The first-order valence-corrected chi connectivity index (χ1v) is 9.36. The molecule has 0 atom stereocenters. The summed E-state index contributed by atoms with van der Waals surface area (Å²) in [5.41, 5.74) is 5.42. The van der Waals surface area contributed by atoms with Gasteiger partial charge >= 0.3 is 0 Å². The highest BCUT2D eigenvalue weighted by Crippen LogP contribution is 2.34. The van der Waals surface area contributed by atoms with Gasteiger partial charge in [0.05, 0.1) is 21.6 Å². The Bertz CT molecular complexity index is 1380. The molecule has 28 heavy (non-hydrogen) atoms. The van der Waals surface area contributed by atoms with Crippen LogP contribution in [0.25, 0.3) is 39.0 Å². The molecule has 0 saturated heterocycles. The highest BCUT2D eigenvalue weighted by molar-refractivity contribution is 6.34. The Balaban J connectivity index is 1.79. The number of pyridine rings is 1. The highest BCUT2D eigenvalue weighted by Gasteiger charge is 2.14. The Morgan fingerprint density at radius 2 is 1.71 bits per heavy atom. The first-order chi connectivity index (χ1) is 13.6. The maximum absolute atomic E-state index is 12.7. The minimum absolute atomic E-state index is 0.161. The molecule has 0 radical (unpaired) electrons. The lowest BCUT2D eigenvalue weighted by Crippen LogP contribution is -2.18. The largest absolute Gasteiger partial charge is 0.323 e. The molecule has 0 aliphatic carbocycles. The van der Waals surface area contributed by atoms with Gasteiger partial charge < -0.3 is 4.98 Å². The first kappa shape index (κ1) is 16.8. The molecule has 5 aromatic rings. The monoisotopic (exact) mass is 385 g/mol. The number of rotatable bonds is 2.